The van der Waals surface area contributed by atoms with Crippen molar-refractivity contribution >= 4 is 0 Å². The summed E-state index contributed by atoms with van der Waals surface area (Å²) in [5.74, 6) is 0.541. The van der Waals surface area contributed by atoms with Gasteiger partial charge in [-0.1, -0.05) is 206 Å². The number of nitrogens with two attached hydrogens (primary N) is 2. The Bertz CT molecular complexity index is 408. The molecule has 0 aliphatic carbocycles. The molecule has 0 aromatic carbocycles. The molecule has 2 heteroatoms. The maximum atomic E-state index is 6.14. The van der Waals surface area contributed by atoms with Gasteiger partial charge in [-0.3, -0.25) is 0 Å². The van der Waals surface area contributed by atoms with Crippen molar-refractivity contribution in [2.24, 2.45) is 17.4 Å². The SMILES string of the molecule is CCCCCCCCCCCCCCCCCCC(CCCCCCCCCCCCCCCC)C(N)N. The van der Waals surface area contributed by atoms with E-state index in [9.17, 15) is 0 Å². The third-order valence-corrected chi connectivity index (χ3v) is 8.90. The van der Waals surface area contributed by atoms with E-state index in [-0.39, 0.29) is 6.17 Å². The molecule has 0 rings (SSSR count). The minimum absolute atomic E-state index is 0.117. The number of hydrogen-bond acceptors (Lipinski definition) is 2. The molecule has 0 saturated heterocycles. The van der Waals surface area contributed by atoms with E-state index in [0.29, 0.717) is 5.92 Å². The normalized spacial score (nSPS) is 12.6. The minimum atomic E-state index is -0.117. The van der Waals surface area contributed by atoms with Crippen molar-refractivity contribution in [3.05, 3.63) is 0 Å². The van der Waals surface area contributed by atoms with Crippen LogP contribution in [0.4, 0.5) is 0 Å². The van der Waals surface area contributed by atoms with Gasteiger partial charge in [-0.2, -0.15) is 0 Å². The van der Waals surface area contributed by atoms with Gasteiger partial charge in [-0.25, -0.2) is 0 Å². The maximum Gasteiger partial charge on any atom is 0.0549 e. The maximum absolute atomic E-state index is 6.14. The van der Waals surface area contributed by atoms with Crippen LogP contribution in [0.3, 0.4) is 0 Å². The van der Waals surface area contributed by atoms with Crippen LogP contribution in [0.2, 0.25) is 0 Å². The van der Waals surface area contributed by atoms with Crippen LogP contribution < -0.4 is 11.5 Å². The quantitative estimate of drug-likeness (QED) is 0.0647. The molecule has 0 bridgehead atoms. The predicted octanol–water partition coefficient (Wildman–Crippen LogP) is 12.4. The smallest absolute Gasteiger partial charge is 0.0549 e. The Labute approximate surface area is 242 Å². The van der Waals surface area contributed by atoms with Gasteiger partial charge >= 0.3 is 0 Å². The topological polar surface area (TPSA) is 52.0 Å². The first-order valence-electron chi connectivity index (χ1n) is 18.2. The van der Waals surface area contributed by atoms with Crippen LogP contribution in [0.1, 0.15) is 219 Å². The van der Waals surface area contributed by atoms with Crippen LogP contribution >= 0.6 is 0 Å². The van der Waals surface area contributed by atoms with E-state index in [4.69, 9.17) is 11.5 Å². The van der Waals surface area contributed by atoms with Crippen LogP contribution in [-0.4, -0.2) is 6.17 Å². The molecule has 0 aliphatic heterocycles. The zero-order chi connectivity index (χ0) is 27.8. The lowest BCUT2D eigenvalue weighted by Crippen LogP contribution is -2.38. The van der Waals surface area contributed by atoms with Gasteiger partial charge in [-0.05, 0) is 18.8 Å². The van der Waals surface area contributed by atoms with Gasteiger partial charge < -0.3 is 11.5 Å². The molecule has 0 aliphatic rings. The lowest BCUT2D eigenvalue weighted by atomic mass is 9.92. The molecular formula is C36H76N2. The molecule has 0 fully saturated rings. The van der Waals surface area contributed by atoms with Gasteiger partial charge in [0.15, 0.2) is 0 Å². The third kappa shape index (κ3) is 30.5. The Kier molecular flexibility index (Phi) is 33.1. The third-order valence-electron chi connectivity index (χ3n) is 8.90. The molecule has 0 radical (unpaired) electrons. The molecule has 2 nitrogen and oxygen atoms in total. The summed E-state index contributed by atoms with van der Waals surface area (Å²) in [6.07, 6.45) is 45.3. The van der Waals surface area contributed by atoms with E-state index in [1.54, 1.807) is 0 Å². The number of rotatable bonds is 33. The fourth-order valence-corrected chi connectivity index (χ4v) is 6.08. The van der Waals surface area contributed by atoms with E-state index in [1.165, 1.54) is 205 Å². The number of unbranched alkanes of at least 4 members (excludes halogenated alkanes) is 28. The lowest BCUT2D eigenvalue weighted by molar-refractivity contribution is 0.345. The Morgan fingerprint density at radius 2 is 0.474 bits per heavy atom. The van der Waals surface area contributed by atoms with Crippen molar-refractivity contribution in [3.63, 3.8) is 0 Å². The molecule has 230 valence electrons. The highest BCUT2D eigenvalue weighted by molar-refractivity contribution is 4.68. The summed E-state index contributed by atoms with van der Waals surface area (Å²) >= 11 is 0. The second-order valence-corrected chi connectivity index (χ2v) is 12.8. The Morgan fingerprint density at radius 3 is 0.658 bits per heavy atom. The van der Waals surface area contributed by atoms with Gasteiger partial charge in [0.05, 0.1) is 6.17 Å². The van der Waals surface area contributed by atoms with E-state index in [1.807, 2.05) is 0 Å². The van der Waals surface area contributed by atoms with Crippen LogP contribution in [0, 0.1) is 5.92 Å². The first-order chi connectivity index (χ1) is 18.7. The highest BCUT2D eigenvalue weighted by Gasteiger charge is 2.13. The highest BCUT2D eigenvalue weighted by atomic mass is 14.9. The van der Waals surface area contributed by atoms with Crippen molar-refractivity contribution in [2.45, 2.75) is 225 Å². The molecule has 0 saturated carbocycles. The molecule has 0 amide bonds. The highest BCUT2D eigenvalue weighted by Crippen LogP contribution is 2.21. The second-order valence-electron chi connectivity index (χ2n) is 12.8. The average molecular weight is 537 g/mol. The molecule has 38 heavy (non-hydrogen) atoms. The summed E-state index contributed by atoms with van der Waals surface area (Å²) in [5, 5.41) is 0. The molecule has 0 heterocycles. The Balaban J connectivity index is 3.37. The fraction of sp³-hybridized carbons (Fsp3) is 1.00. The van der Waals surface area contributed by atoms with Crippen molar-refractivity contribution in [1.29, 1.82) is 0 Å². The van der Waals surface area contributed by atoms with Crippen molar-refractivity contribution in [3.8, 4) is 0 Å². The molecule has 4 N–H and O–H groups in total. The summed E-state index contributed by atoms with van der Waals surface area (Å²) < 4.78 is 0. The van der Waals surface area contributed by atoms with Crippen molar-refractivity contribution in [1.82, 2.24) is 0 Å². The van der Waals surface area contributed by atoms with Crippen molar-refractivity contribution in [2.75, 3.05) is 0 Å². The van der Waals surface area contributed by atoms with Gasteiger partial charge in [0.25, 0.3) is 0 Å². The Morgan fingerprint density at radius 1 is 0.289 bits per heavy atom. The monoisotopic (exact) mass is 537 g/mol. The van der Waals surface area contributed by atoms with Crippen LogP contribution in [0.15, 0.2) is 0 Å². The summed E-state index contributed by atoms with van der Waals surface area (Å²) in [4.78, 5) is 0. The van der Waals surface area contributed by atoms with Gasteiger partial charge in [0.1, 0.15) is 0 Å². The zero-order valence-electron chi connectivity index (χ0n) is 26.9. The van der Waals surface area contributed by atoms with Crippen molar-refractivity contribution < 1.29 is 0 Å². The van der Waals surface area contributed by atoms with Gasteiger partial charge in [0, 0.05) is 0 Å². The zero-order valence-corrected chi connectivity index (χ0v) is 26.9. The summed E-state index contributed by atoms with van der Waals surface area (Å²) in [5.41, 5.74) is 12.3. The fourth-order valence-electron chi connectivity index (χ4n) is 6.08. The second kappa shape index (κ2) is 33.1. The molecule has 0 aromatic heterocycles. The van der Waals surface area contributed by atoms with E-state index >= 15 is 0 Å². The summed E-state index contributed by atoms with van der Waals surface area (Å²) in [6, 6.07) is 0. The summed E-state index contributed by atoms with van der Waals surface area (Å²) in [7, 11) is 0. The minimum Gasteiger partial charge on any atom is -0.316 e. The van der Waals surface area contributed by atoms with E-state index < -0.39 is 0 Å². The first-order valence-corrected chi connectivity index (χ1v) is 18.2. The largest absolute Gasteiger partial charge is 0.316 e. The molecule has 1 atom stereocenters. The standard InChI is InChI=1S/C36H76N2/c1-3-5-7-9-11-13-15-17-19-20-22-24-26-28-30-32-34-35(36(37)38)33-31-29-27-25-23-21-18-16-14-12-10-8-6-4-2/h35-36H,3-34,37-38H2,1-2H3. The predicted molar refractivity (Wildman–Crippen MR) is 175 cm³/mol. The van der Waals surface area contributed by atoms with E-state index in [0.717, 1.165) is 0 Å². The number of hydrogen-bond donors (Lipinski definition) is 2. The van der Waals surface area contributed by atoms with Crippen LogP contribution in [0.25, 0.3) is 0 Å². The molecular weight excluding hydrogens is 460 g/mol. The molecule has 1 unspecified atom stereocenters. The van der Waals surface area contributed by atoms with Crippen LogP contribution in [0.5, 0.6) is 0 Å². The molecule has 0 spiro atoms. The van der Waals surface area contributed by atoms with Gasteiger partial charge in [-0.15, -0.1) is 0 Å². The lowest BCUT2D eigenvalue weighted by Gasteiger charge is -2.20. The van der Waals surface area contributed by atoms with Gasteiger partial charge in [0.2, 0.25) is 0 Å². The molecule has 0 aromatic rings. The first kappa shape index (κ1) is 37.9. The van der Waals surface area contributed by atoms with Crippen LogP contribution in [-0.2, 0) is 0 Å². The Hall–Kier alpha value is -0.0800. The van der Waals surface area contributed by atoms with E-state index in [2.05, 4.69) is 13.8 Å². The average Bonchev–Trinajstić information content (AvgIpc) is 2.91. The summed E-state index contributed by atoms with van der Waals surface area (Å²) in [6.45, 7) is 4.60.